The van der Waals surface area contributed by atoms with E-state index in [1.54, 1.807) is 4.72 Å². The molecule has 1 aromatic rings. The molecule has 0 heterocycles. The molecule has 1 rings (SSSR count). The SMILES string of the molecule is O=C(NS(=O)(=O)Cl)c1ccc(Cl)cc1. The molecular weight excluding hydrogens is 249 g/mol. The minimum atomic E-state index is -4.04. The summed E-state index contributed by atoms with van der Waals surface area (Å²) in [5.41, 5.74) is 0.165. The van der Waals surface area contributed by atoms with Gasteiger partial charge in [0.05, 0.1) is 0 Å². The molecule has 0 atom stereocenters. The zero-order valence-corrected chi connectivity index (χ0v) is 9.03. The van der Waals surface area contributed by atoms with Crippen LogP contribution in [0.15, 0.2) is 24.3 Å². The molecular formula is C7H5Cl2NO3S. The number of nitrogens with one attached hydrogen (secondary N) is 1. The largest absolute Gasteiger partial charge is 0.321 e. The van der Waals surface area contributed by atoms with Crippen LogP contribution >= 0.6 is 22.3 Å². The van der Waals surface area contributed by atoms with Gasteiger partial charge in [0.25, 0.3) is 5.91 Å². The van der Waals surface area contributed by atoms with Crippen molar-refractivity contribution in [3.05, 3.63) is 34.9 Å². The van der Waals surface area contributed by atoms with Gasteiger partial charge >= 0.3 is 9.24 Å². The van der Waals surface area contributed by atoms with Crippen LogP contribution in [-0.2, 0) is 9.24 Å². The smallest absolute Gasteiger partial charge is 0.268 e. The van der Waals surface area contributed by atoms with E-state index in [4.69, 9.17) is 22.3 Å². The Balaban J connectivity index is 2.86. The lowest BCUT2D eigenvalue weighted by atomic mass is 10.2. The molecule has 0 spiro atoms. The van der Waals surface area contributed by atoms with Gasteiger partial charge in [-0.05, 0) is 24.3 Å². The van der Waals surface area contributed by atoms with Crippen LogP contribution in [0.1, 0.15) is 10.4 Å². The van der Waals surface area contributed by atoms with Crippen LogP contribution in [0.5, 0.6) is 0 Å². The Labute approximate surface area is 90.4 Å². The van der Waals surface area contributed by atoms with Crippen molar-refractivity contribution < 1.29 is 13.2 Å². The van der Waals surface area contributed by atoms with Crippen LogP contribution < -0.4 is 4.72 Å². The first-order valence-electron chi connectivity index (χ1n) is 3.41. The number of amides is 1. The lowest BCUT2D eigenvalue weighted by molar-refractivity contribution is 0.0982. The lowest BCUT2D eigenvalue weighted by Gasteiger charge is -2.00. The average molecular weight is 254 g/mol. The van der Waals surface area contributed by atoms with Gasteiger partial charge in [-0.25, -0.2) is 4.72 Å². The fourth-order valence-electron chi connectivity index (χ4n) is 0.771. The van der Waals surface area contributed by atoms with Crippen molar-refractivity contribution in [1.82, 2.24) is 4.72 Å². The first-order valence-corrected chi connectivity index (χ1v) is 6.09. The predicted molar refractivity (Wildman–Crippen MR) is 53.7 cm³/mol. The third kappa shape index (κ3) is 3.53. The molecule has 4 nitrogen and oxygen atoms in total. The summed E-state index contributed by atoms with van der Waals surface area (Å²) >= 11 is 5.57. The van der Waals surface area contributed by atoms with Gasteiger partial charge in [-0.3, -0.25) is 4.79 Å². The second-order valence-electron chi connectivity index (χ2n) is 2.38. The van der Waals surface area contributed by atoms with Crippen LogP contribution in [0.25, 0.3) is 0 Å². The van der Waals surface area contributed by atoms with E-state index >= 15 is 0 Å². The van der Waals surface area contributed by atoms with Gasteiger partial charge in [-0.1, -0.05) is 11.6 Å². The molecule has 0 aliphatic carbocycles. The molecule has 76 valence electrons. The normalized spacial score (nSPS) is 11.0. The van der Waals surface area contributed by atoms with Crippen LogP contribution in [-0.4, -0.2) is 14.3 Å². The van der Waals surface area contributed by atoms with Crippen molar-refractivity contribution in [3.63, 3.8) is 0 Å². The molecule has 0 radical (unpaired) electrons. The Kier molecular flexibility index (Phi) is 3.36. The van der Waals surface area contributed by atoms with E-state index in [0.29, 0.717) is 5.02 Å². The second-order valence-corrected chi connectivity index (χ2v) is 5.11. The van der Waals surface area contributed by atoms with Crippen molar-refractivity contribution >= 4 is 37.4 Å². The van der Waals surface area contributed by atoms with Crippen molar-refractivity contribution in [2.24, 2.45) is 0 Å². The fourth-order valence-corrected chi connectivity index (χ4v) is 1.45. The Hall–Kier alpha value is -0.780. The van der Waals surface area contributed by atoms with Gasteiger partial charge in [-0.2, -0.15) is 8.42 Å². The first-order chi connectivity index (χ1) is 6.38. The Morgan fingerprint density at radius 2 is 1.71 bits per heavy atom. The highest BCUT2D eigenvalue weighted by atomic mass is 35.7. The highest BCUT2D eigenvalue weighted by Crippen LogP contribution is 2.09. The van der Waals surface area contributed by atoms with Crippen LogP contribution in [0, 0.1) is 0 Å². The Bertz CT molecular complexity index is 441. The quantitative estimate of drug-likeness (QED) is 0.814. The van der Waals surface area contributed by atoms with E-state index in [9.17, 15) is 13.2 Å². The number of halogens is 2. The first kappa shape index (κ1) is 11.3. The van der Waals surface area contributed by atoms with Gasteiger partial charge < -0.3 is 0 Å². The molecule has 1 N–H and O–H groups in total. The molecule has 1 aromatic carbocycles. The summed E-state index contributed by atoms with van der Waals surface area (Å²) < 4.78 is 22.6. The summed E-state index contributed by atoms with van der Waals surface area (Å²) in [6.45, 7) is 0. The minimum absolute atomic E-state index is 0.165. The summed E-state index contributed by atoms with van der Waals surface area (Å²) in [4.78, 5) is 11.2. The molecule has 1 amide bonds. The second kappa shape index (κ2) is 4.16. The maximum Gasteiger partial charge on any atom is 0.321 e. The van der Waals surface area contributed by atoms with E-state index in [0.717, 1.165) is 0 Å². The number of carbonyl (C=O) groups is 1. The van der Waals surface area contributed by atoms with Crippen molar-refractivity contribution in [3.8, 4) is 0 Å². The van der Waals surface area contributed by atoms with Gasteiger partial charge in [0.2, 0.25) is 0 Å². The van der Waals surface area contributed by atoms with E-state index in [1.165, 1.54) is 24.3 Å². The molecule has 0 saturated carbocycles. The molecule has 0 unspecified atom stereocenters. The molecule has 14 heavy (non-hydrogen) atoms. The molecule has 7 heteroatoms. The maximum absolute atomic E-state index is 11.2. The Morgan fingerprint density at radius 3 is 2.14 bits per heavy atom. The third-order valence-electron chi connectivity index (χ3n) is 1.32. The number of benzene rings is 1. The van der Waals surface area contributed by atoms with Gasteiger partial charge in [0.15, 0.2) is 0 Å². The van der Waals surface area contributed by atoms with E-state index in [-0.39, 0.29) is 5.56 Å². The van der Waals surface area contributed by atoms with Crippen molar-refractivity contribution in [2.45, 2.75) is 0 Å². The van der Waals surface area contributed by atoms with Crippen molar-refractivity contribution in [1.29, 1.82) is 0 Å². The highest BCUT2D eigenvalue weighted by molar-refractivity contribution is 8.12. The molecule has 0 aliphatic heterocycles. The fraction of sp³-hybridized carbons (Fsp3) is 0. The predicted octanol–water partition coefficient (Wildman–Crippen LogP) is 1.55. The van der Waals surface area contributed by atoms with Gasteiger partial charge in [0, 0.05) is 21.3 Å². The maximum atomic E-state index is 11.2. The molecule has 0 fully saturated rings. The summed E-state index contributed by atoms with van der Waals surface area (Å²) in [5, 5.41) is 0.454. The highest BCUT2D eigenvalue weighted by Gasteiger charge is 2.12. The molecule has 0 aliphatic rings. The zero-order chi connectivity index (χ0) is 10.8. The third-order valence-corrected chi connectivity index (χ3v) is 2.23. The standard InChI is InChI=1S/C7H5Cl2NO3S/c8-6-3-1-5(2-4-6)7(11)10-14(9,12)13/h1-4H,(H,10,11). The number of hydrogen-bond acceptors (Lipinski definition) is 3. The van der Waals surface area contributed by atoms with Crippen molar-refractivity contribution in [2.75, 3.05) is 0 Å². The van der Waals surface area contributed by atoms with Crippen LogP contribution in [0.2, 0.25) is 5.02 Å². The summed E-state index contributed by atoms with van der Waals surface area (Å²) in [6, 6.07) is 5.72. The summed E-state index contributed by atoms with van der Waals surface area (Å²) in [7, 11) is 0.781. The van der Waals surface area contributed by atoms with E-state index < -0.39 is 15.1 Å². The number of rotatable bonds is 2. The number of hydrogen-bond donors (Lipinski definition) is 1. The lowest BCUT2D eigenvalue weighted by Crippen LogP contribution is -2.26. The van der Waals surface area contributed by atoms with E-state index in [1.807, 2.05) is 0 Å². The minimum Gasteiger partial charge on any atom is -0.268 e. The molecule has 0 saturated heterocycles. The van der Waals surface area contributed by atoms with Crippen LogP contribution in [0.3, 0.4) is 0 Å². The molecule has 0 aromatic heterocycles. The molecule has 0 bridgehead atoms. The monoisotopic (exact) mass is 253 g/mol. The number of carbonyl (C=O) groups excluding carboxylic acids is 1. The topological polar surface area (TPSA) is 63.2 Å². The summed E-state index contributed by atoms with van der Waals surface area (Å²) in [5.74, 6) is -0.795. The average Bonchev–Trinajstić information content (AvgIpc) is 2.02. The van der Waals surface area contributed by atoms with Gasteiger partial charge in [-0.15, -0.1) is 0 Å². The summed E-state index contributed by atoms with van der Waals surface area (Å²) in [6.07, 6.45) is 0. The zero-order valence-electron chi connectivity index (χ0n) is 6.70. The van der Waals surface area contributed by atoms with Gasteiger partial charge in [0.1, 0.15) is 0 Å². The van der Waals surface area contributed by atoms with Crippen LogP contribution in [0.4, 0.5) is 0 Å². The Morgan fingerprint density at radius 1 is 1.21 bits per heavy atom. The van der Waals surface area contributed by atoms with E-state index in [2.05, 4.69) is 0 Å².